The Balaban J connectivity index is 1.80. The molecular weight excluding hydrogens is 290 g/mol. The van der Waals surface area contributed by atoms with Gasteiger partial charge in [0, 0.05) is 29.4 Å². The summed E-state index contributed by atoms with van der Waals surface area (Å²) in [6.45, 7) is 1.61. The van der Waals surface area contributed by atoms with Crippen LogP contribution in [0.5, 0.6) is 0 Å². The summed E-state index contributed by atoms with van der Waals surface area (Å²) in [6, 6.07) is 4.44. The summed E-state index contributed by atoms with van der Waals surface area (Å²) < 4.78 is 0. The van der Waals surface area contributed by atoms with Gasteiger partial charge in [0.2, 0.25) is 11.8 Å². The molecule has 1 aromatic rings. The Morgan fingerprint density at radius 3 is 2.71 bits per heavy atom. The Kier molecular flexibility index (Phi) is 3.87. The molecule has 0 radical (unpaired) electrons. The molecule has 1 unspecified atom stereocenters. The van der Waals surface area contributed by atoms with Crippen molar-refractivity contribution in [2.75, 3.05) is 24.5 Å². The maximum absolute atomic E-state index is 12.3. The van der Waals surface area contributed by atoms with Crippen LogP contribution in [0.1, 0.15) is 30.9 Å². The first-order valence-corrected chi connectivity index (χ1v) is 7.60. The van der Waals surface area contributed by atoms with Crippen LogP contribution in [0.15, 0.2) is 18.2 Å². The summed E-state index contributed by atoms with van der Waals surface area (Å²) in [5, 5.41) is 0.543. The Hall–Kier alpha value is -1.59. The number of hydrogen-bond donors (Lipinski definition) is 1. The highest BCUT2D eigenvalue weighted by molar-refractivity contribution is 6.31. The first-order valence-electron chi connectivity index (χ1n) is 7.22. The van der Waals surface area contributed by atoms with E-state index in [9.17, 15) is 9.59 Å². The summed E-state index contributed by atoms with van der Waals surface area (Å²) in [5.74, 6) is -0.254. The highest BCUT2D eigenvalue weighted by atomic mass is 35.5. The number of benzene rings is 1. The van der Waals surface area contributed by atoms with E-state index in [1.807, 2.05) is 4.90 Å². The lowest BCUT2D eigenvalue weighted by molar-refractivity contribution is -0.132. The van der Waals surface area contributed by atoms with E-state index in [2.05, 4.69) is 0 Å². The molecule has 0 bridgehead atoms. The lowest BCUT2D eigenvalue weighted by atomic mass is 10.1. The van der Waals surface area contributed by atoms with Crippen LogP contribution in [0.4, 0.5) is 5.69 Å². The third-order valence-corrected chi connectivity index (χ3v) is 4.38. The van der Waals surface area contributed by atoms with E-state index in [0.717, 1.165) is 25.9 Å². The van der Waals surface area contributed by atoms with E-state index in [-0.39, 0.29) is 18.4 Å². The molecule has 21 heavy (non-hydrogen) atoms. The predicted octanol–water partition coefficient (Wildman–Crippen LogP) is 1.70. The van der Waals surface area contributed by atoms with Crippen molar-refractivity contribution >= 4 is 29.1 Å². The van der Waals surface area contributed by atoms with Gasteiger partial charge in [-0.25, -0.2) is 0 Å². The summed E-state index contributed by atoms with van der Waals surface area (Å²) in [6.07, 6.45) is 3.23. The van der Waals surface area contributed by atoms with Gasteiger partial charge in [-0.3, -0.25) is 9.59 Å². The highest BCUT2D eigenvalue weighted by Crippen LogP contribution is 2.36. The molecule has 2 aliphatic heterocycles. The molecule has 0 saturated carbocycles. The van der Waals surface area contributed by atoms with Crippen LogP contribution in [0.3, 0.4) is 0 Å². The quantitative estimate of drug-likeness (QED) is 0.904. The molecule has 2 heterocycles. The number of amides is 2. The topological polar surface area (TPSA) is 66.6 Å². The summed E-state index contributed by atoms with van der Waals surface area (Å²) in [4.78, 5) is 27.9. The molecule has 2 amide bonds. The average Bonchev–Trinajstić information content (AvgIpc) is 2.73. The van der Waals surface area contributed by atoms with E-state index >= 15 is 0 Å². The number of piperidine rings is 1. The molecule has 5 nitrogen and oxygen atoms in total. The normalized spacial score (nSPS) is 21.6. The number of carbonyl (C=O) groups excluding carboxylic acids is 2. The first kappa shape index (κ1) is 14.4. The zero-order valence-electron chi connectivity index (χ0n) is 11.7. The lowest BCUT2D eigenvalue weighted by Gasteiger charge is -2.28. The van der Waals surface area contributed by atoms with Crippen molar-refractivity contribution in [1.29, 1.82) is 0 Å². The minimum absolute atomic E-state index is 0.0157. The van der Waals surface area contributed by atoms with Gasteiger partial charge in [-0.2, -0.15) is 0 Å². The Labute approximate surface area is 128 Å². The van der Waals surface area contributed by atoms with Crippen molar-refractivity contribution in [3.05, 3.63) is 28.8 Å². The zero-order chi connectivity index (χ0) is 15.0. The summed E-state index contributed by atoms with van der Waals surface area (Å²) in [7, 11) is 0. The Morgan fingerprint density at radius 1 is 1.29 bits per heavy atom. The Morgan fingerprint density at radius 2 is 2.00 bits per heavy atom. The third kappa shape index (κ3) is 2.63. The fraction of sp³-hybridized carbons (Fsp3) is 0.467. The van der Waals surface area contributed by atoms with Crippen molar-refractivity contribution in [3.8, 4) is 0 Å². The molecule has 2 aliphatic rings. The number of likely N-dealkylation sites (tertiary alicyclic amines) is 1. The van der Waals surface area contributed by atoms with Gasteiger partial charge >= 0.3 is 0 Å². The standard InChI is InChI=1S/C15H18ClN3O2/c16-10-4-5-12-11(8-10)14(17)15(21)19(12)9-13(20)18-6-2-1-3-7-18/h4-5,8,14H,1-3,6-7,9,17H2. The van der Waals surface area contributed by atoms with Crippen LogP contribution < -0.4 is 10.6 Å². The predicted molar refractivity (Wildman–Crippen MR) is 81.2 cm³/mol. The van der Waals surface area contributed by atoms with Gasteiger partial charge in [-0.15, -0.1) is 0 Å². The monoisotopic (exact) mass is 307 g/mol. The van der Waals surface area contributed by atoms with Gasteiger partial charge in [0.1, 0.15) is 12.6 Å². The van der Waals surface area contributed by atoms with E-state index in [0.29, 0.717) is 16.3 Å². The van der Waals surface area contributed by atoms with Crippen molar-refractivity contribution < 1.29 is 9.59 Å². The van der Waals surface area contributed by atoms with Crippen LogP contribution in [0.25, 0.3) is 0 Å². The van der Waals surface area contributed by atoms with Gasteiger partial charge < -0.3 is 15.5 Å². The SMILES string of the molecule is NC1C(=O)N(CC(=O)N2CCCCC2)c2ccc(Cl)cc21. The second kappa shape index (κ2) is 5.66. The maximum atomic E-state index is 12.3. The molecule has 0 aromatic heterocycles. The molecule has 3 rings (SSSR count). The van der Waals surface area contributed by atoms with Gasteiger partial charge in [-0.1, -0.05) is 11.6 Å². The molecule has 0 spiro atoms. The number of hydrogen-bond acceptors (Lipinski definition) is 3. The fourth-order valence-corrected chi connectivity index (χ4v) is 3.16. The van der Waals surface area contributed by atoms with Crippen molar-refractivity contribution in [1.82, 2.24) is 4.90 Å². The van der Waals surface area contributed by atoms with Gasteiger partial charge in [-0.05, 0) is 37.5 Å². The van der Waals surface area contributed by atoms with Crippen LogP contribution in [-0.2, 0) is 9.59 Å². The van der Waals surface area contributed by atoms with E-state index in [4.69, 9.17) is 17.3 Å². The third-order valence-electron chi connectivity index (χ3n) is 4.15. The van der Waals surface area contributed by atoms with E-state index in [1.165, 1.54) is 11.3 Å². The highest BCUT2D eigenvalue weighted by Gasteiger charge is 2.36. The van der Waals surface area contributed by atoms with Crippen molar-refractivity contribution in [2.45, 2.75) is 25.3 Å². The minimum Gasteiger partial charge on any atom is -0.341 e. The number of anilines is 1. The molecular formula is C15H18ClN3O2. The molecule has 1 aromatic carbocycles. The van der Waals surface area contributed by atoms with Crippen LogP contribution in [0.2, 0.25) is 5.02 Å². The number of nitrogens with two attached hydrogens (primary N) is 1. The van der Waals surface area contributed by atoms with E-state index < -0.39 is 6.04 Å². The van der Waals surface area contributed by atoms with Gasteiger partial charge in [0.05, 0.1) is 0 Å². The number of halogens is 1. The largest absolute Gasteiger partial charge is 0.341 e. The summed E-state index contributed by atoms with van der Waals surface area (Å²) >= 11 is 5.95. The molecule has 1 saturated heterocycles. The van der Waals surface area contributed by atoms with Gasteiger partial charge in [0.25, 0.3) is 0 Å². The second-order valence-corrected chi connectivity index (χ2v) is 5.98. The molecule has 1 atom stereocenters. The van der Waals surface area contributed by atoms with Crippen molar-refractivity contribution in [3.63, 3.8) is 0 Å². The molecule has 112 valence electrons. The molecule has 0 aliphatic carbocycles. The second-order valence-electron chi connectivity index (χ2n) is 5.55. The lowest BCUT2D eigenvalue weighted by Crippen LogP contribution is -2.44. The van der Waals surface area contributed by atoms with Crippen molar-refractivity contribution in [2.24, 2.45) is 5.73 Å². The first-order chi connectivity index (χ1) is 10.1. The Bertz CT molecular complexity index is 584. The van der Waals surface area contributed by atoms with Crippen LogP contribution in [0, 0.1) is 0 Å². The molecule has 6 heteroatoms. The smallest absolute Gasteiger partial charge is 0.249 e. The van der Waals surface area contributed by atoms with Crippen LogP contribution >= 0.6 is 11.6 Å². The van der Waals surface area contributed by atoms with Crippen LogP contribution in [-0.4, -0.2) is 36.3 Å². The minimum atomic E-state index is -0.729. The maximum Gasteiger partial charge on any atom is 0.249 e. The zero-order valence-corrected chi connectivity index (χ0v) is 12.5. The number of fused-ring (bicyclic) bond motifs is 1. The number of nitrogens with zero attached hydrogens (tertiary/aromatic N) is 2. The van der Waals surface area contributed by atoms with Gasteiger partial charge in [0.15, 0.2) is 0 Å². The molecule has 2 N–H and O–H groups in total. The number of carbonyl (C=O) groups is 2. The fourth-order valence-electron chi connectivity index (χ4n) is 2.98. The average molecular weight is 308 g/mol. The molecule has 1 fully saturated rings. The number of rotatable bonds is 2. The van der Waals surface area contributed by atoms with E-state index in [1.54, 1.807) is 18.2 Å². The summed E-state index contributed by atoms with van der Waals surface area (Å²) in [5.41, 5.74) is 7.32.